The molecular formula is C16H16N2. The fraction of sp³-hybridized carbons (Fsp3) is 0.125. The maximum absolute atomic E-state index is 5.82. The van der Waals surface area contributed by atoms with Gasteiger partial charge in [-0.25, -0.2) is 0 Å². The van der Waals surface area contributed by atoms with Crippen LogP contribution in [0.25, 0.3) is 10.9 Å². The van der Waals surface area contributed by atoms with Gasteiger partial charge in [0.1, 0.15) is 0 Å². The summed E-state index contributed by atoms with van der Waals surface area (Å²) in [6.45, 7) is 3.01. The van der Waals surface area contributed by atoms with Crippen LogP contribution in [0.1, 0.15) is 11.1 Å². The zero-order valence-electron chi connectivity index (χ0n) is 10.4. The number of aromatic nitrogens is 1. The van der Waals surface area contributed by atoms with Crippen molar-refractivity contribution in [3.8, 4) is 0 Å². The standard InChI is InChI=1S/C16H16N2/c1-12-10-18(16-8-3-2-7-15(12)16)11-13-5-4-6-14(17)9-13/h2-10H,11,17H2,1H3. The minimum absolute atomic E-state index is 0.820. The molecule has 1 heterocycles. The van der Waals surface area contributed by atoms with Gasteiger partial charge in [-0.15, -0.1) is 0 Å². The van der Waals surface area contributed by atoms with Crippen molar-refractivity contribution >= 4 is 16.6 Å². The van der Waals surface area contributed by atoms with Gasteiger partial charge in [0, 0.05) is 29.3 Å². The third kappa shape index (κ3) is 1.86. The Morgan fingerprint density at radius 3 is 2.72 bits per heavy atom. The lowest BCUT2D eigenvalue weighted by Crippen LogP contribution is -1.98. The molecule has 0 saturated heterocycles. The van der Waals surface area contributed by atoms with Crippen molar-refractivity contribution in [3.05, 3.63) is 65.9 Å². The normalized spacial score (nSPS) is 10.9. The summed E-state index contributed by atoms with van der Waals surface area (Å²) in [6.07, 6.45) is 2.20. The first kappa shape index (κ1) is 10.9. The average molecular weight is 236 g/mol. The van der Waals surface area contributed by atoms with Crippen LogP contribution in [0.4, 0.5) is 5.69 Å². The van der Waals surface area contributed by atoms with Gasteiger partial charge >= 0.3 is 0 Å². The van der Waals surface area contributed by atoms with E-state index < -0.39 is 0 Å². The summed E-state index contributed by atoms with van der Waals surface area (Å²) >= 11 is 0. The van der Waals surface area contributed by atoms with Crippen LogP contribution in [-0.4, -0.2) is 4.57 Å². The number of hydrogen-bond donors (Lipinski definition) is 1. The maximum atomic E-state index is 5.82. The quantitative estimate of drug-likeness (QED) is 0.677. The molecule has 0 amide bonds. The van der Waals surface area contributed by atoms with Crippen LogP contribution in [0.3, 0.4) is 0 Å². The van der Waals surface area contributed by atoms with Crippen LogP contribution in [0, 0.1) is 6.92 Å². The van der Waals surface area contributed by atoms with Crippen LogP contribution in [0.2, 0.25) is 0 Å². The van der Waals surface area contributed by atoms with Gasteiger partial charge in [-0.1, -0.05) is 30.3 Å². The molecule has 0 fully saturated rings. The molecule has 0 atom stereocenters. The van der Waals surface area contributed by atoms with Crippen molar-refractivity contribution < 1.29 is 0 Å². The Bertz CT molecular complexity index is 695. The van der Waals surface area contributed by atoms with Crippen molar-refractivity contribution in [2.45, 2.75) is 13.5 Å². The fourth-order valence-corrected chi connectivity index (χ4v) is 2.45. The maximum Gasteiger partial charge on any atom is 0.0486 e. The van der Waals surface area contributed by atoms with Gasteiger partial charge in [0.15, 0.2) is 0 Å². The molecule has 0 bridgehead atoms. The van der Waals surface area contributed by atoms with E-state index in [1.54, 1.807) is 0 Å². The number of anilines is 1. The first-order valence-electron chi connectivity index (χ1n) is 6.13. The molecule has 0 aliphatic heterocycles. The molecule has 0 aliphatic rings. The summed E-state index contributed by atoms with van der Waals surface area (Å²) in [4.78, 5) is 0. The number of para-hydroxylation sites is 1. The number of benzene rings is 2. The molecule has 2 N–H and O–H groups in total. The smallest absolute Gasteiger partial charge is 0.0486 e. The molecule has 0 unspecified atom stereocenters. The summed E-state index contributed by atoms with van der Waals surface area (Å²) in [6, 6.07) is 16.6. The van der Waals surface area contributed by atoms with E-state index in [1.807, 2.05) is 18.2 Å². The molecule has 1 aromatic heterocycles. The Labute approximate surface area is 107 Å². The van der Waals surface area contributed by atoms with Crippen LogP contribution in [0.15, 0.2) is 54.7 Å². The Hall–Kier alpha value is -2.22. The second-order valence-electron chi connectivity index (χ2n) is 4.70. The minimum Gasteiger partial charge on any atom is -0.399 e. The van der Waals surface area contributed by atoms with Crippen molar-refractivity contribution in [2.24, 2.45) is 0 Å². The molecule has 3 rings (SSSR count). The van der Waals surface area contributed by atoms with E-state index in [9.17, 15) is 0 Å². The number of nitrogens with two attached hydrogens (primary N) is 1. The highest BCUT2D eigenvalue weighted by Gasteiger charge is 2.04. The molecular weight excluding hydrogens is 220 g/mol. The molecule has 18 heavy (non-hydrogen) atoms. The molecule has 0 radical (unpaired) electrons. The zero-order chi connectivity index (χ0) is 12.5. The highest BCUT2D eigenvalue weighted by molar-refractivity contribution is 5.83. The van der Waals surface area contributed by atoms with Crippen LogP contribution in [0.5, 0.6) is 0 Å². The third-order valence-corrected chi connectivity index (χ3v) is 3.29. The SMILES string of the molecule is Cc1cn(Cc2cccc(N)c2)c2ccccc12. The van der Waals surface area contributed by atoms with Gasteiger partial charge in [-0.05, 0) is 36.2 Å². The number of hydrogen-bond acceptors (Lipinski definition) is 1. The number of fused-ring (bicyclic) bond motifs is 1. The Morgan fingerprint density at radius 1 is 1.06 bits per heavy atom. The van der Waals surface area contributed by atoms with E-state index in [4.69, 9.17) is 5.73 Å². The van der Waals surface area contributed by atoms with Gasteiger partial charge < -0.3 is 10.3 Å². The monoisotopic (exact) mass is 236 g/mol. The van der Waals surface area contributed by atoms with Crippen LogP contribution >= 0.6 is 0 Å². The average Bonchev–Trinajstić information content (AvgIpc) is 2.67. The van der Waals surface area contributed by atoms with E-state index in [1.165, 1.54) is 22.0 Å². The van der Waals surface area contributed by atoms with Crippen molar-refractivity contribution in [3.63, 3.8) is 0 Å². The Morgan fingerprint density at radius 2 is 1.89 bits per heavy atom. The number of aryl methyl sites for hydroxylation is 1. The first-order chi connectivity index (χ1) is 8.74. The second-order valence-corrected chi connectivity index (χ2v) is 4.70. The molecule has 0 saturated carbocycles. The lowest BCUT2D eigenvalue weighted by Gasteiger charge is -2.06. The van der Waals surface area contributed by atoms with Crippen LogP contribution < -0.4 is 5.73 Å². The van der Waals surface area contributed by atoms with Crippen molar-refractivity contribution in [1.29, 1.82) is 0 Å². The van der Waals surface area contributed by atoms with Crippen molar-refractivity contribution in [1.82, 2.24) is 4.57 Å². The predicted molar refractivity (Wildman–Crippen MR) is 76.6 cm³/mol. The predicted octanol–water partition coefficient (Wildman–Crippen LogP) is 3.58. The number of rotatable bonds is 2. The molecule has 0 spiro atoms. The van der Waals surface area contributed by atoms with Gasteiger partial charge in [-0.3, -0.25) is 0 Å². The van der Waals surface area contributed by atoms with E-state index in [-0.39, 0.29) is 0 Å². The summed E-state index contributed by atoms with van der Waals surface area (Å²) < 4.78 is 2.28. The molecule has 2 heteroatoms. The van der Waals surface area contributed by atoms with Gasteiger partial charge in [0.2, 0.25) is 0 Å². The Kier molecular flexibility index (Phi) is 2.56. The summed E-state index contributed by atoms with van der Waals surface area (Å²) in [7, 11) is 0. The largest absolute Gasteiger partial charge is 0.399 e. The van der Waals surface area contributed by atoms with Gasteiger partial charge in [0.25, 0.3) is 0 Å². The van der Waals surface area contributed by atoms with E-state index in [0.29, 0.717) is 0 Å². The fourth-order valence-electron chi connectivity index (χ4n) is 2.45. The first-order valence-corrected chi connectivity index (χ1v) is 6.13. The second kappa shape index (κ2) is 4.22. The number of nitrogens with zero attached hydrogens (tertiary/aromatic N) is 1. The van der Waals surface area contributed by atoms with Crippen molar-refractivity contribution in [2.75, 3.05) is 5.73 Å². The molecule has 0 aliphatic carbocycles. The van der Waals surface area contributed by atoms with E-state index in [0.717, 1.165) is 12.2 Å². The summed E-state index contributed by atoms with van der Waals surface area (Å²) in [5, 5.41) is 1.32. The highest BCUT2D eigenvalue weighted by Crippen LogP contribution is 2.21. The molecule has 2 aromatic carbocycles. The van der Waals surface area contributed by atoms with Crippen LogP contribution in [-0.2, 0) is 6.54 Å². The Balaban J connectivity index is 2.05. The molecule has 2 nitrogen and oxygen atoms in total. The lowest BCUT2D eigenvalue weighted by molar-refractivity contribution is 0.834. The summed E-state index contributed by atoms with van der Waals surface area (Å²) in [5.74, 6) is 0. The molecule has 3 aromatic rings. The van der Waals surface area contributed by atoms with E-state index in [2.05, 4.69) is 48.0 Å². The zero-order valence-corrected chi connectivity index (χ0v) is 10.4. The van der Waals surface area contributed by atoms with Gasteiger partial charge in [0.05, 0.1) is 0 Å². The summed E-state index contributed by atoms with van der Waals surface area (Å²) in [5.41, 5.74) is 10.5. The third-order valence-electron chi connectivity index (χ3n) is 3.29. The molecule has 90 valence electrons. The topological polar surface area (TPSA) is 30.9 Å². The lowest BCUT2D eigenvalue weighted by atomic mass is 10.2. The van der Waals surface area contributed by atoms with E-state index >= 15 is 0 Å². The number of nitrogen functional groups attached to an aromatic ring is 1. The highest BCUT2D eigenvalue weighted by atomic mass is 15.0. The van der Waals surface area contributed by atoms with Gasteiger partial charge in [-0.2, -0.15) is 0 Å². The minimum atomic E-state index is 0.820.